The fourth-order valence-electron chi connectivity index (χ4n) is 17.1. The van der Waals surface area contributed by atoms with Crippen molar-refractivity contribution in [1.29, 1.82) is 0 Å². The maximum Gasteiger partial charge on any atom is 0.407 e. The highest BCUT2D eigenvalue weighted by Crippen LogP contribution is 2.57. The van der Waals surface area contributed by atoms with E-state index in [-0.39, 0.29) is 53.2 Å². The molecule has 14 heteroatoms. The number of alkyl carbamates (subject to hydrolysis) is 2. The van der Waals surface area contributed by atoms with E-state index >= 15 is 0 Å². The van der Waals surface area contributed by atoms with Crippen molar-refractivity contribution in [3.05, 3.63) is 106 Å². The first-order valence-corrected chi connectivity index (χ1v) is 28.1. The van der Waals surface area contributed by atoms with Crippen molar-refractivity contribution in [3.8, 4) is 22.3 Å². The maximum atomic E-state index is 14.5. The summed E-state index contributed by atoms with van der Waals surface area (Å²) in [6, 6.07) is 24.0. The second-order valence-electron chi connectivity index (χ2n) is 23.8. The Morgan fingerprint density at radius 1 is 0.653 bits per heavy atom. The monoisotopic (exact) mass is 1010 g/mol. The van der Waals surface area contributed by atoms with E-state index in [1.165, 1.54) is 53.2 Å². The van der Waals surface area contributed by atoms with Crippen LogP contribution in [0.2, 0.25) is 0 Å². The summed E-state index contributed by atoms with van der Waals surface area (Å²) in [5.74, 6) is 3.28. The van der Waals surface area contributed by atoms with Crippen molar-refractivity contribution >= 4 is 46.1 Å². The van der Waals surface area contributed by atoms with Crippen LogP contribution < -0.4 is 10.6 Å². The molecule has 3 unspecified atom stereocenters. The average molecular weight is 1010 g/mol. The maximum absolute atomic E-state index is 14.5. The van der Waals surface area contributed by atoms with Crippen LogP contribution in [0.25, 0.3) is 44.3 Å². The van der Waals surface area contributed by atoms with Gasteiger partial charge in [-0.2, -0.15) is 0 Å². The van der Waals surface area contributed by atoms with Gasteiger partial charge in [-0.25, -0.2) is 19.6 Å². The predicted octanol–water partition coefficient (Wildman–Crippen LogP) is 10.4. The van der Waals surface area contributed by atoms with Crippen LogP contribution in [0.3, 0.4) is 0 Å². The minimum absolute atomic E-state index is 0.0148. The molecule has 4 N–H and O–H groups in total. The number of aromatic nitrogens is 4. The molecule has 2 saturated carbocycles. The van der Waals surface area contributed by atoms with Gasteiger partial charge < -0.3 is 39.9 Å². The molecule has 75 heavy (non-hydrogen) atoms. The molecule has 6 fully saturated rings. The molecule has 4 aromatic carbocycles. The average Bonchev–Trinajstić information content (AvgIpc) is 4.30. The third-order valence-electron chi connectivity index (χ3n) is 20.4. The SMILES string of the molecule is CC[C@@H]1C2CCC[C@H]3C[C@@H](c4nc5ccc(-c6cc7c8cc6CCc6ccc(c(-c9ccc%10nc([C@@H]%11C[C@@H]%12CCCC%13[C@@H](CC)[C@H](NC(=O)OC)C(=O)N%11[C@@H]%13%12)[nH]c%10c9)c6)C8(C)C7)cc5[nH]4)N(C(=O)[C@H]1NC(=O)OC)[C@@H]23. The summed E-state index contributed by atoms with van der Waals surface area (Å²) >= 11 is 0. The third kappa shape index (κ3) is 7.01. The highest BCUT2D eigenvalue weighted by molar-refractivity contribution is 5.90. The summed E-state index contributed by atoms with van der Waals surface area (Å²) in [7, 11) is 2.71. The van der Waals surface area contributed by atoms with Gasteiger partial charge in [0.15, 0.2) is 0 Å². The molecule has 5 aliphatic carbocycles. The number of aromatic amines is 2. The lowest BCUT2D eigenvalue weighted by Gasteiger charge is -2.50. The van der Waals surface area contributed by atoms with Crippen LogP contribution in [0.15, 0.2) is 66.7 Å². The van der Waals surface area contributed by atoms with Gasteiger partial charge in [0.25, 0.3) is 0 Å². The molecule has 6 heterocycles. The van der Waals surface area contributed by atoms with Gasteiger partial charge in [-0.05, 0) is 168 Å². The van der Waals surface area contributed by atoms with Gasteiger partial charge in [-0.1, -0.05) is 88.9 Å². The van der Waals surface area contributed by atoms with Crippen LogP contribution in [0.4, 0.5) is 9.59 Å². The van der Waals surface area contributed by atoms with Crippen molar-refractivity contribution in [1.82, 2.24) is 40.4 Å². The Morgan fingerprint density at radius 3 is 1.73 bits per heavy atom. The predicted molar refractivity (Wildman–Crippen MR) is 284 cm³/mol. The molecule has 2 aromatic heterocycles. The number of ether oxygens (including phenoxy) is 2. The lowest BCUT2D eigenvalue weighted by Crippen LogP contribution is -2.64. The zero-order chi connectivity index (χ0) is 51.2. The number of fused-ring (bicyclic) bond motifs is 5. The normalized spacial score (nSPS) is 32.0. The number of carbonyl (C=O) groups is 4. The van der Waals surface area contributed by atoms with E-state index in [9.17, 15) is 19.2 Å². The number of carbonyl (C=O) groups excluding carboxylic acids is 4. The molecular weight excluding hydrogens is 941 g/mol. The summed E-state index contributed by atoms with van der Waals surface area (Å²) in [6.45, 7) is 6.68. The van der Waals surface area contributed by atoms with Crippen LogP contribution in [-0.4, -0.2) is 92.1 Å². The first-order chi connectivity index (χ1) is 36.5. The molecule has 0 radical (unpaired) electrons. The summed E-state index contributed by atoms with van der Waals surface area (Å²) in [5, 5.41) is 5.89. The number of H-pyrrole nitrogens is 2. The van der Waals surface area contributed by atoms with E-state index in [0.717, 1.165) is 128 Å². The Kier molecular flexibility index (Phi) is 10.9. The van der Waals surface area contributed by atoms with Crippen LogP contribution in [-0.2, 0) is 43.7 Å². The smallest absolute Gasteiger partial charge is 0.407 e. The standard InChI is InChI=1S/C61H68N8O6/c1-6-37-39-12-8-10-34-27-49(68(53(34)39)57(70)51(37)66-59(72)74-4)55-62-45-20-17-32(25-47(45)64-55)41-23-36-29-61(3)43-19-15-30(14-16-31(41)24-44(36)61)22-42(43)33-18-21-46-48(26-33)65-56(63-46)50-28-35-11-9-13-40-38(7-2)52(67-60(73)75-5)58(71)69(50)54(35)40/h15,17-26,34-35,37-40,49-54H,6-14,16,27-29H2,1-5H3,(H,62,64)(H,63,65)(H,66,72)(H,67,73)/t34-,35-,37+,38+,39?,40?,49-,50-,51-,52-,53+,54+,61?/m0/s1. The fraction of sp³-hybridized carbons (Fsp3) is 0.508. The number of nitrogens with zero attached hydrogens (tertiary/aromatic N) is 4. The number of nitrogens with one attached hydrogen (secondary N) is 4. The van der Waals surface area contributed by atoms with Crippen molar-refractivity contribution in [3.63, 3.8) is 0 Å². The summed E-state index contributed by atoms with van der Waals surface area (Å²) in [5.41, 5.74) is 15.1. The van der Waals surface area contributed by atoms with E-state index < -0.39 is 24.3 Å². The van der Waals surface area contributed by atoms with Gasteiger partial charge in [-0.15, -0.1) is 0 Å². The van der Waals surface area contributed by atoms with Crippen LogP contribution >= 0.6 is 0 Å². The highest BCUT2D eigenvalue weighted by atomic mass is 16.5. The van der Waals surface area contributed by atoms with Crippen LogP contribution in [0.1, 0.15) is 137 Å². The Balaban J connectivity index is 0.753. The molecule has 13 atom stereocenters. The molecule has 4 saturated heterocycles. The lowest BCUT2D eigenvalue weighted by molar-refractivity contribution is -0.149. The van der Waals surface area contributed by atoms with Crippen molar-refractivity contribution in [2.24, 2.45) is 35.5 Å². The third-order valence-corrected chi connectivity index (χ3v) is 20.4. The van der Waals surface area contributed by atoms with E-state index in [4.69, 9.17) is 19.4 Å². The fourth-order valence-corrected chi connectivity index (χ4v) is 17.1. The molecule has 4 amide bonds. The highest BCUT2D eigenvalue weighted by Gasteiger charge is 2.60. The number of amides is 4. The minimum Gasteiger partial charge on any atom is -0.453 e. The van der Waals surface area contributed by atoms with Crippen molar-refractivity contribution in [2.45, 2.75) is 146 Å². The molecule has 4 aliphatic heterocycles. The first-order valence-electron chi connectivity index (χ1n) is 28.1. The molecular formula is C61H68N8O6. The zero-order valence-corrected chi connectivity index (χ0v) is 43.7. The largest absolute Gasteiger partial charge is 0.453 e. The number of aryl methyl sites for hydroxylation is 2. The molecule has 4 bridgehead atoms. The van der Waals surface area contributed by atoms with Gasteiger partial charge in [0.1, 0.15) is 23.7 Å². The van der Waals surface area contributed by atoms with Crippen LogP contribution in [0.5, 0.6) is 0 Å². The number of benzene rings is 4. The quantitative estimate of drug-likeness (QED) is 0.117. The van der Waals surface area contributed by atoms with Gasteiger partial charge in [0.2, 0.25) is 11.8 Å². The van der Waals surface area contributed by atoms with Gasteiger partial charge in [0, 0.05) is 17.5 Å². The zero-order valence-electron chi connectivity index (χ0n) is 43.7. The Labute approximate surface area is 437 Å². The van der Waals surface area contributed by atoms with E-state index in [1.54, 1.807) is 0 Å². The molecule has 6 aromatic rings. The molecule has 0 spiro atoms. The Morgan fingerprint density at radius 2 is 1.20 bits per heavy atom. The number of piperidine rings is 2. The van der Waals surface area contributed by atoms with Gasteiger partial charge in [0.05, 0.1) is 48.4 Å². The topological polar surface area (TPSA) is 175 Å². The number of hydrogen-bond acceptors (Lipinski definition) is 8. The van der Waals surface area contributed by atoms with Gasteiger partial charge >= 0.3 is 12.2 Å². The lowest BCUT2D eigenvalue weighted by atomic mass is 9.59. The van der Waals surface area contributed by atoms with Crippen molar-refractivity contribution < 1.29 is 28.7 Å². The molecule has 388 valence electrons. The Bertz CT molecular complexity index is 3360. The molecule has 14 nitrogen and oxygen atoms in total. The number of rotatable bonds is 8. The molecule has 9 aliphatic rings. The van der Waals surface area contributed by atoms with E-state index in [0.29, 0.717) is 23.7 Å². The first kappa shape index (κ1) is 46.8. The van der Waals surface area contributed by atoms with Crippen molar-refractivity contribution in [2.75, 3.05) is 14.2 Å². The van der Waals surface area contributed by atoms with Gasteiger partial charge in [-0.3, -0.25) is 9.59 Å². The second kappa shape index (κ2) is 17.4. The minimum atomic E-state index is -0.610. The van der Waals surface area contributed by atoms with E-state index in [1.807, 2.05) is 0 Å². The summed E-state index contributed by atoms with van der Waals surface area (Å²) in [6.07, 6.45) is 11.6. The summed E-state index contributed by atoms with van der Waals surface area (Å²) in [4.78, 5) is 76.2. The molecule has 15 rings (SSSR count). The number of methoxy groups -OCH3 is 2. The second-order valence-corrected chi connectivity index (χ2v) is 23.8. The number of hydrogen-bond donors (Lipinski definition) is 4. The van der Waals surface area contributed by atoms with Crippen LogP contribution in [0, 0.1) is 35.5 Å². The summed E-state index contributed by atoms with van der Waals surface area (Å²) < 4.78 is 10.0. The van der Waals surface area contributed by atoms with E-state index in [2.05, 4.69) is 118 Å². The number of imidazole rings is 2. The Hall–Kier alpha value is -6.70.